The van der Waals surface area contributed by atoms with E-state index in [4.69, 9.17) is 12.2 Å². The number of nitrogens with zero attached hydrogens (tertiary/aromatic N) is 1. The Morgan fingerprint density at radius 3 is 1.58 bits per heavy atom. The van der Waals surface area contributed by atoms with Gasteiger partial charge in [-0.2, -0.15) is 0 Å². The van der Waals surface area contributed by atoms with Crippen LogP contribution in [0.2, 0.25) is 0 Å². The molecule has 0 radical (unpaired) electrons. The Morgan fingerprint density at radius 2 is 1.15 bits per heavy atom. The lowest BCUT2D eigenvalue weighted by molar-refractivity contribution is 0.246. The lowest BCUT2D eigenvalue weighted by Crippen LogP contribution is -2.39. The summed E-state index contributed by atoms with van der Waals surface area (Å²) in [5, 5.41) is 0. The predicted octanol–water partition coefficient (Wildman–Crippen LogP) is 8.32. The van der Waals surface area contributed by atoms with Gasteiger partial charge in [0.25, 0.3) is 0 Å². The summed E-state index contributed by atoms with van der Waals surface area (Å²) in [6.07, 6.45) is 26.7. The maximum atomic E-state index is 5.39. The van der Waals surface area contributed by atoms with Gasteiger partial charge in [0.15, 0.2) is 0 Å². The summed E-state index contributed by atoms with van der Waals surface area (Å²) in [5.74, 6) is 0. The molecule has 3 heteroatoms. The smallest absolute Gasteiger partial charge is 0.133 e. The minimum atomic E-state index is 0.677. The normalized spacial score (nSPS) is 15.3. The third-order valence-electron chi connectivity index (χ3n) is 6.01. The molecule has 0 N–H and O–H groups in total. The van der Waals surface area contributed by atoms with Crippen molar-refractivity contribution in [3.63, 3.8) is 0 Å². The van der Waals surface area contributed by atoms with E-state index >= 15 is 0 Å². The van der Waals surface area contributed by atoms with Crippen molar-refractivity contribution in [2.24, 2.45) is 0 Å². The van der Waals surface area contributed by atoms with Crippen LogP contribution in [0.3, 0.4) is 0 Å². The zero-order valence-corrected chi connectivity index (χ0v) is 19.2. The van der Waals surface area contributed by atoms with Crippen molar-refractivity contribution in [2.45, 2.75) is 135 Å². The van der Waals surface area contributed by atoms with Gasteiger partial charge in [0.05, 0.1) is 0 Å². The van der Waals surface area contributed by atoms with Crippen molar-refractivity contribution < 1.29 is 0 Å². The van der Waals surface area contributed by atoms with Crippen LogP contribution in [0.15, 0.2) is 0 Å². The molecule has 0 aromatic carbocycles. The van der Waals surface area contributed by atoms with Gasteiger partial charge in [0.2, 0.25) is 0 Å². The standard InChI is InChI=1S/C23H45NS2/c1-2-3-4-5-6-7-8-9-10-11-12-13-14-18-21-24(23(25)26)22-19-16-15-17-20-22/h22H,2-21H2,1H3,(H,25,26). The summed E-state index contributed by atoms with van der Waals surface area (Å²) >= 11 is 9.87. The average Bonchev–Trinajstić information content (AvgIpc) is 2.65. The fourth-order valence-electron chi connectivity index (χ4n) is 4.30. The van der Waals surface area contributed by atoms with Crippen molar-refractivity contribution in [1.82, 2.24) is 4.90 Å². The third kappa shape index (κ3) is 12.6. The van der Waals surface area contributed by atoms with Gasteiger partial charge in [-0.05, 0) is 19.3 Å². The lowest BCUT2D eigenvalue weighted by Gasteiger charge is -2.35. The van der Waals surface area contributed by atoms with E-state index < -0.39 is 0 Å². The van der Waals surface area contributed by atoms with Crippen LogP contribution in [0.25, 0.3) is 0 Å². The summed E-state index contributed by atoms with van der Waals surface area (Å²) < 4.78 is 0.826. The van der Waals surface area contributed by atoms with Gasteiger partial charge in [0.1, 0.15) is 4.32 Å². The molecule has 0 unspecified atom stereocenters. The Morgan fingerprint density at radius 1 is 0.731 bits per heavy atom. The zero-order valence-electron chi connectivity index (χ0n) is 17.5. The first-order chi connectivity index (χ1) is 12.8. The van der Waals surface area contributed by atoms with Crippen LogP contribution in [-0.4, -0.2) is 21.8 Å². The fourth-order valence-corrected chi connectivity index (χ4v) is 4.81. The summed E-state index contributed by atoms with van der Waals surface area (Å²) in [5.41, 5.74) is 0. The number of rotatable bonds is 16. The number of thiol groups is 1. The first-order valence-corrected chi connectivity index (χ1v) is 12.6. The molecule has 0 aromatic heterocycles. The molecular weight excluding hydrogens is 354 g/mol. The Bertz CT molecular complexity index is 326. The minimum absolute atomic E-state index is 0.677. The topological polar surface area (TPSA) is 3.24 Å². The molecule has 1 nitrogen and oxygen atoms in total. The van der Waals surface area contributed by atoms with Crippen molar-refractivity contribution in [2.75, 3.05) is 6.54 Å². The first-order valence-electron chi connectivity index (χ1n) is 11.7. The van der Waals surface area contributed by atoms with Gasteiger partial charge in [0, 0.05) is 12.6 Å². The van der Waals surface area contributed by atoms with Crippen LogP contribution in [-0.2, 0) is 0 Å². The van der Waals surface area contributed by atoms with E-state index in [1.54, 1.807) is 0 Å². The van der Waals surface area contributed by atoms with Gasteiger partial charge < -0.3 is 4.90 Å². The van der Waals surface area contributed by atoms with Crippen LogP contribution in [0.4, 0.5) is 0 Å². The van der Waals surface area contributed by atoms with E-state index in [1.165, 1.54) is 122 Å². The summed E-state index contributed by atoms with van der Waals surface area (Å²) in [6.45, 7) is 3.42. The average molecular weight is 400 g/mol. The highest BCUT2D eigenvalue weighted by molar-refractivity contribution is 8.10. The molecule has 1 fully saturated rings. The molecule has 0 saturated heterocycles. The van der Waals surface area contributed by atoms with Crippen LogP contribution in [0, 0.1) is 0 Å². The van der Waals surface area contributed by atoms with E-state index in [1.807, 2.05) is 0 Å². The highest BCUT2D eigenvalue weighted by Crippen LogP contribution is 2.24. The molecule has 0 spiro atoms. The van der Waals surface area contributed by atoms with Gasteiger partial charge in [-0.25, -0.2) is 0 Å². The second kappa shape index (κ2) is 17.3. The third-order valence-corrected chi connectivity index (χ3v) is 6.51. The summed E-state index contributed by atoms with van der Waals surface area (Å²) in [6, 6.07) is 0.677. The molecule has 1 aliphatic carbocycles. The Balaban J connectivity index is 1.88. The fraction of sp³-hybridized carbons (Fsp3) is 0.957. The van der Waals surface area contributed by atoms with Crippen molar-refractivity contribution in [3.8, 4) is 0 Å². The van der Waals surface area contributed by atoms with E-state index in [9.17, 15) is 0 Å². The van der Waals surface area contributed by atoms with Gasteiger partial charge >= 0.3 is 0 Å². The second-order valence-corrected chi connectivity index (χ2v) is 9.48. The largest absolute Gasteiger partial charge is 0.355 e. The minimum Gasteiger partial charge on any atom is -0.355 e. The van der Waals surface area contributed by atoms with Gasteiger partial charge in [-0.3, -0.25) is 0 Å². The van der Waals surface area contributed by atoms with E-state index in [2.05, 4.69) is 24.5 Å². The van der Waals surface area contributed by atoms with Crippen LogP contribution in [0.5, 0.6) is 0 Å². The SMILES string of the molecule is CCCCCCCCCCCCCCCCN(C(=S)S)C1CCCCC1. The molecule has 1 saturated carbocycles. The molecule has 0 amide bonds. The van der Waals surface area contributed by atoms with E-state index in [0.717, 1.165) is 10.9 Å². The highest BCUT2D eigenvalue weighted by Gasteiger charge is 2.21. The van der Waals surface area contributed by atoms with Gasteiger partial charge in [-0.15, -0.1) is 12.6 Å². The monoisotopic (exact) mass is 399 g/mol. The van der Waals surface area contributed by atoms with E-state index in [-0.39, 0.29) is 0 Å². The molecule has 154 valence electrons. The lowest BCUT2D eigenvalue weighted by atomic mass is 9.94. The Hall–Kier alpha value is 0.240. The number of thiocarbonyl (C=S) groups is 1. The number of hydrogen-bond acceptors (Lipinski definition) is 1. The highest BCUT2D eigenvalue weighted by atomic mass is 32.1. The molecule has 0 bridgehead atoms. The maximum Gasteiger partial charge on any atom is 0.133 e. The molecule has 1 aliphatic rings. The number of unbranched alkanes of at least 4 members (excludes halogenated alkanes) is 13. The Kier molecular flexibility index (Phi) is 16.2. The molecule has 0 heterocycles. The molecular formula is C23H45NS2. The zero-order chi connectivity index (χ0) is 18.9. The molecule has 1 rings (SSSR count). The molecule has 0 aliphatic heterocycles. The summed E-state index contributed by atoms with van der Waals surface area (Å²) in [4.78, 5) is 2.41. The van der Waals surface area contributed by atoms with Crippen LogP contribution >= 0.6 is 24.8 Å². The second-order valence-electron chi connectivity index (χ2n) is 8.36. The Labute approximate surface area is 175 Å². The quantitative estimate of drug-likeness (QED) is 0.158. The van der Waals surface area contributed by atoms with Crippen LogP contribution < -0.4 is 0 Å². The molecule has 0 aromatic rings. The van der Waals surface area contributed by atoms with Crippen molar-refractivity contribution in [1.29, 1.82) is 0 Å². The maximum absolute atomic E-state index is 5.39. The van der Waals surface area contributed by atoms with Crippen molar-refractivity contribution in [3.05, 3.63) is 0 Å². The van der Waals surface area contributed by atoms with E-state index in [0.29, 0.717) is 6.04 Å². The van der Waals surface area contributed by atoms with Crippen LogP contribution in [0.1, 0.15) is 129 Å². The molecule has 26 heavy (non-hydrogen) atoms. The van der Waals surface area contributed by atoms with Gasteiger partial charge in [-0.1, -0.05) is 122 Å². The van der Waals surface area contributed by atoms with Crippen molar-refractivity contribution >= 4 is 29.2 Å². The molecule has 0 atom stereocenters. The first kappa shape index (κ1) is 24.3. The summed E-state index contributed by atoms with van der Waals surface area (Å²) in [7, 11) is 0. The number of hydrogen-bond donors (Lipinski definition) is 1. The predicted molar refractivity (Wildman–Crippen MR) is 125 cm³/mol.